The molecule has 9 heteroatoms. The molecule has 0 saturated carbocycles. The van der Waals surface area contributed by atoms with Gasteiger partial charge in [-0.1, -0.05) is 27.7 Å². The molecule has 30 heavy (non-hydrogen) atoms. The van der Waals surface area contributed by atoms with E-state index in [2.05, 4.69) is 10.6 Å². The van der Waals surface area contributed by atoms with E-state index in [-0.39, 0.29) is 17.7 Å². The van der Waals surface area contributed by atoms with Gasteiger partial charge in [0, 0.05) is 6.54 Å². The molecule has 0 spiro atoms. The first-order chi connectivity index (χ1) is 13.7. The minimum Gasteiger partial charge on any atom is -0.444 e. The summed E-state index contributed by atoms with van der Waals surface area (Å²) in [5, 5.41) is 5.39. The van der Waals surface area contributed by atoms with Crippen LogP contribution in [0.1, 0.15) is 67.7 Å². The van der Waals surface area contributed by atoms with Gasteiger partial charge >= 0.3 is 6.09 Å². The van der Waals surface area contributed by atoms with Crippen molar-refractivity contribution in [1.82, 2.24) is 15.5 Å². The van der Waals surface area contributed by atoms with Crippen LogP contribution in [0.5, 0.6) is 0 Å². The molecule has 0 bridgehead atoms. The Labute approximate surface area is 179 Å². The molecule has 1 heterocycles. The van der Waals surface area contributed by atoms with Gasteiger partial charge in [0.15, 0.2) is 0 Å². The zero-order valence-corrected chi connectivity index (χ0v) is 19.3. The number of ether oxygens (including phenoxy) is 1. The summed E-state index contributed by atoms with van der Waals surface area (Å²) < 4.78 is 5.26. The van der Waals surface area contributed by atoms with E-state index in [1.54, 1.807) is 20.8 Å². The zero-order valence-electron chi connectivity index (χ0n) is 19.3. The second-order valence-corrected chi connectivity index (χ2v) is 9.65. The average molecular weight is 427 g/mol. The van der Waals surface area contributed by atoms with Crippen molar-refractivity contribution in [3.05, 3.63) is 0 Å². The van der Waals surface area contributed by atoms with Crippen LogP contribution in [0, 0.1) is 11.8 Å². The van der Waals surface area contributed by atoms with Crippen LogP contribution < -0.4 is 16.4 Å². The van der Waals surface area contributed by atoms with Crippen molar-refractivity contribution in [2.24, 2.45) is 17.6 Å². The second-order valence-electron chi connectivity index (χ2n) is 9.65. The number of hydrogen-bond acceptors (Lipinski definition) is 5. The number of nitrogens with zero attached hydrogens (tertiary/aromatic N) is 1. The first-order valence-corrected chi connectivity index (χ1v) is 10.6. The number of likely N-dealkylation sites (tertiary alicyclic amines) is 1. The maximum absolute atomic E-state index is 13.1. The standard InChI is InChI=1S/C21H38N4O5/c1-12(2)11-14(23-20(29)30-21(5,6)7)18(27)24-16(13(3)4)19(28)25-10-8-9-15(25)17(22)26/h12-16H,8-11H2,1-7H3,(H2,22,26)(H,23,29)(H,24,27)/t14-,15-,16+/m1/s1. The van der Waals surface area contributed by atoms with E-state index in [4.69, 9.17) is 10.5 Å². The van der Waals surface area contributed by atoms with Crippen LogP contribution >= 0.6 is 0 Å². The second kappa shape index (κ2) is 10.6. The third kappa shape index (κ3) is 7.84. The molecule has 4 amide bonds. The van der Waals surface area contributed by atoms with Gasteiger partial charge in [-0.2, -0.15) is 0 Å². The van der Waals surface area contributed by atoms with Gasteiger partial charge in [0.1, 0.15) is 23.7 Å². The number of rotatable bonds is 8. The molecule has 3 atom stereocenters. The van der Waals surface area contributed by atoms with Crippen LogP contribution in [0.15, 0.2) is 0 Å². The topological polar surface area (TPSA) is 131 Å². The van der Waals surface area contributed by atoms with Gasteiger partial charge in [0.25, 0.3) is 0 Å². The number of nitrogens with one attached hydrogen (secondary N) is 2. The number of hydrogen-bond donors (Lipinski definition) is 3. The predicted molar refractivity (Wildman–Crippen MR) is 113 cm³/mol. The minimum absolute atomic E-state index is 0.127. The summed E-state index contributed by atoms with van der Waals surface area (Å²) in [7, 11) is 0. The van der Waals surface area contributed by atoms with Crippen molar-refractivity contribution >= 4 is 23.8 Å². The van der Waals surface area contributed by atoms with Crippen molar-refractivity contribution in [2.45, 2.75) is 91.5 Å². The molecular weight excluding hydrogens is 388 g/mol. The Bertz CT molecular complexity index is 642. The fourth-order valence-corrected chi connectivity index (χ4v) is 3.43. The third-order valence-electron chi connectivity index (χ3n) is 4.81. The maximum Gasteiger partial charge on any atom is 0.408 e. The molecule has 0 aromatic heterocycles. The summed E-state index contributed by atoms with van der Waals surface area (Å²) in [6.45, 7) is 13.1. The van der Waals surface area contributed by atoms with E-state index in [1.807, 2.05) is 27.7 Å². The van der Waals surface area contributed by atoms with Gasteiger partial charge in [-0.15, -0.1) is 0 Å². The Morgan fingerprint density at radius 3 is 2.17 bits per heavy atom. The van der Waals surface area contributed by atoms with Crippen molar-refractivity contribution in [3.8, 4) is 0 Å². The summed E-state index contributed by atoms with van der Waals surface area (Å²) in [6.07, 6.45) is 0.909. The van der Waals surface area contributed by atoms with Crippen LogP contribution in [-0.2, 0) is 19.1 Å². The van der Waals surface area contributed by atoms with Gasteiger partial charge in [-0.25, -0.2) is 4.79 Å². The highest BCUT2D eigenvalue weighted by atomic mass is 16.6. The minimum atomic E-state index is -0.848. The van der Waals surface area contributed by atoms with Gasteiger partial charge in [-0.05, 0) is 51.9 Å². The summed E-state index contributed by atoms with van der Waals surface area (Å²) in [5.41, 5.74) is 4.73. The number of amides is 4. The first kappa shape index (κ1) is 25.7. The number of primary amides is 1. The molecule has 1 aliphatic rings. The number of carbonyl (C=O) groups is 4. The highest BCUT2D eigenvalue weighted by Crippen LogP contribution is 2.20. The van der Waals surface area contributed by atoms with Crippen LogP contribution in [0.2, 0.25) is 0 Å². The van der Waals surface area contributed by atoms with Crippen molar-refractivity contribution in [2.75, 3.05) is 6.54 Å². The molecule has 0 unspecified atom stereocenters. The number of alkyl carbamates (subject to hydrolysis) is 1. The van der Waals surface area contributed by atoms with Crippen LogP contribution in [0.3, 0.4) is 0 Å². The quantitative estimate of drug-likeness (QED) is 0.542. The molecule has 4 N–H and O–H groups in total. The highest BCUT2D eigenvalue weighted by Gasteiger charge is 2.38. The fraction of sp³-hybridized carbons (Fsp3) is 0.810. The van der Waals surface area contributed by atoms with Crippen molar-refractivity contribution in [1.29, 1.82) is 0 Å². The molecule has 1 aliphatic heterocycles. The Hall–Kier alpha value is -2.32. The molecule has 0 radical (unpaired) electrons. The molecular formula is C21H38N4O5. The molecule has 1 saturated heterocycles. The zero-order chi connectivity index (χ0) is 23.2. The van der Waals surface area contributed by atoms with Gasteiger partial charge in [0.2, 0.25) is 17.7 Å². The summed E-state index contributed by atoms with van der Waals surface area (Å²) in [4.78, 5) is 51.4. The summed E-state index contributed by atoms with van der Waals surface area (Å²) in [5.74, 6) is -1.42. The first-order valence-electron chi connectivity index (χ1n) is 10.6. The van der Waals surface area contributed by atoms with Gasteiger partial charge in [0.05, 0.1) is 0 Å². The summed E-state index contributed by atoms with van der Waals surface area (Å²) >= 11 is 0. The molecule has 172 valence electrons. The largest absolute Gasteiger partial charge is 0.444 e. The maximum atomic E-state index is 13.1. The lowest BCUT2D eigenvalue weighted by atomic mass is 9.99. The number of nitrogens with two attached hydrogens (primary N) is 1. The van der Waals surface area contributed by atoms with Crippen molar-refractivity contribution < 1.29 is 23.9 Å². The molecule has 0 aromatic carbocycles. The molecule has 0 aromatic rings. The molecule has 1 fully saturated rings. The van der Waals surface area contributed by atoms with E-state index < -0.39 is 41.6 Å². The average Bonchev–Trinajstić information content (AvgIpc) is 3.05. The lowest BCUT2D eigenvalue weighted by molar-refractivity contribution is -0.142. The lowest BCUT2D eigenvalue weighted by Gasteiger charge is -2.31. The van der Waals surface area contributed by atoms with Crippen LogP contribution in [0.4, 0.5) is 4.79 Å². The highest BCUT2D eigenvalue weighted by molar-refractivity contribution is 5.94. The Kier molecular flexibility index (Phi) is 9.11. The lowest BCUT2D eigenvalue weighted by Crippen LogP contribution is -2.58. The van der Waals surface area contributed by atoms with Crippen molar-refractivity contribution in [3.63, 3.8) is 0 Å². The number of carbonyl (C=O) groups excluding carboxylic acids is 4. The Morgan fingerprint density at radius 2 is 1.70 bits per heavy atom. The molecule has 9 nitrogen and oxygen atoms in total. The summed E-state index contributed by atoms with van der Waals surface area (Å²) in [6, 6.07) is -2.33. The van der Waals surface area contributed by atoms with Crippen LogP contribution in [-0.4, -0.2) is 59.0 Å². The Morgan fingerprint density at radius 1 is 1.10 bits per heavy atom. The van der Waals surface area contributed by atoms with E-state index in [0.717, 1.165) is 0 Å². The van der Waals surface area contributed by atoms with E-state index >= 15 is 0 Å². The predicted octanol–water partition coefficient (Wildman–Crippen LogP) is 1.54. The third-order valence-corrected chi connectivity index (χ3v) is 4.81. The smallest absolute Gasteiger partial charge is 0.408 e. The fourth-order valence-electron chi connectivity index (χ4n) is 3.43. The van der Waals surface area contributed by atoms with E-state index in [1.165, 1.54) is 4.90 Å². The monoisotopic (exact) mass is 426 g/mol. The SMILES string of the molecule is CC(C)C[C@@H](NC(=O)OC(C)(C)C)C(=O)N[C@H](C(=O)N1CCC[C@@H]1C(N)=O)C(C)C. The normalized spacial score (nSPS) is 18.8. The van der Waals surface area contributed by atoms with Gasteiger partial charge in [-0.3, -0.25) is 14.4 Å². The van der Waals surface area contributed by atoms with Crippen LogP contribution in [0.25, 0.3) is 0 Å². The van der Waals surface area contributed by atoms with E-state index in [0.29, 0.717) is 25.8 Å². The molecule has 0 aliphatic carbocycles. The van der Waals surface area contributed by atoms with Gasteiger partial charge < -0.3 is 26.0 Å². The molecule has 1 rings (SSSR count). The Balaban J connectivity index is 2.94. The van der Waals surface area contributed by atoms with E-state index in [9.17, 15) is 19.2 Å².